The maximum Gasteiger partial charge on any atom is 0.252 e. The van der Waals surface area contributed by atoms with Crippen LogP contribution >= 0.6 is 0 Å². The number of halogens is 9. The maximum atomic E-state index is 13.7. The van der Waals surface area contributed by atoms with Gasteiger partial charge in [0.25, 0.3) is 11.9 Å². The molecule has 11 heteroatoms. The second kappa shape index (κ2) is 6.03. The molecule has 126 valence electrons. The molecule has 0 fully saturated rings. The van der Waals surface area contributed by atoms with E-state index in [9.17, 15) is 39.5 Å². The first-order valence-electron chi connectivity index (χ1n) is 5.74. The summed E-state index contributed by atoms with van der Waals surface area (Å²) in [7, 11) is 0. The molecule has 0 spiro atoms. The van der Waals surface area contributed by atoms with Gasteiger partial charge in [0.15, 0.2) is 34.9 Å². The molecule has 1 atom stereocenters. The summed E-state index contributed by atoms with van der Waals surface area (Å²) in [6.45, 7) is 0. The van der Waals surface area contributed by atoms with Gasteiger partial charge in [0, 0.05) is 0 Å². The van der Waals surface area contributed by atoms with E-state index in [1.165, 1.54) is 0 Å². The summed E-state index contributed by atoms with van der Waals surface area (Å²) in [5, 5.41) is 8.84. The first kappa shape index (κ1) is 17.6. The highest BCUT2D eigenvalue weighted by Gasteiger charge is 2.36. The number of nitriles is 1. The van der Waals surface area contributed by atoms with E-state index in [1.54, 1.807) is 0 Å². The Kier molecular flexibility index (Phi) is 4.42. The Bertz CT molecular complexity index is 833. The molecule has 2 aromatic rings. The number of aromatic nitrogens is 1. The van der Waals surface area contributed by atoms with Gasteiger partial charge in [-0.1, -0.05) is 0 Å². The van der Waals surface area contributed by atoms with Crippen LogP contribution < -0.4 is 0 Å². The van der Waals surface area contributed by atoms with Gasteiger partial charge in [-0.15, -0.1) is 0 Å². The van der Waals surface area contributed by atoms with Crippen LogP contribution in [-0.2, 0) is 0 Å². The maximum absolute atomic E-state index is 13.7. The van der Waals surface area contributed by atoms with Gasteiger partial charge in [0.2, 0.25) is 5.82 Å². The number of benzene rings is 1. The van der Waals surface area contributed by atoms with Gasteiger partial charge >= 0.3 is 0 Å². The van der Waals surface area contributed by atoms with Crippen LogP contribution in [0.5, 0.6) is 0 Å². The molecule has 24 heavy (non-hydrogen) atoms. The molecule has 0 saturated heterocycles. The number of hydrogen-bond donors (Lipinski definition) is 0. The molecule has 0 aliphatic rings. The van der Waals surface area contributed by atoms with E-state index in [4.69, 9.17) is 5.26 Å². The summed E-state index contributed by atoms with van der Waals surface area (Å²) in [4.78, 5) is 2.15. The van der Waals surface area contributed by atoms with E-state index < -0.39 is 69.7 Å². The van der Waals surface area contributed by atoms with E-state index in [-0.39, 0.29) is 0 Å². The van der Waals surface area contributed by atoms with Crippen LogP contribution in [0.4, 0.5) is 39.5 Å². The van der Waals surface area contributed by atoms with E-state index in [2.05, 4.69) is 4.98 Å². The summed E-state index contributed by atoms with van der Waals surface area (Å²) in [5.41, 5.74) is -3.84. The molecule has 1 aromatic carbocycles. The Balaban J connectivity index is 2.90. The Morgan fingerprint density at radius 2 is 0.917 bits per heavy atom. The molecular formula is C13HF9N2. The molecule has 0 saturated carbocycles. The standard InChI is InChI=1S/C13HF9N2/c14-5-3(6(15)10(19)11(20)9(5)18)2(1-23)4-7(16)12(21)24-13(22)8(4)17/h2H. The molecule has 2 rings (SSSR count). The quantitative estimate of drug-likeness (QED) is 0.353. The second-order valence-electron chi connectivity index (χ2n) is 4.28. The lowest BCUT2D eigenvalue weighted by molar-refractivity contribution is 0.364. The Labute approximate surface area is 126 Å². The summed E-state index contributed by atoms with van der Waals surface area (Å²) in [6, 6.07) is 0.849. The molecule has 0 aliphatic heterocycles. The van der Waals surface area contributed by atoms with Crippen LogP contribution in [0.2, 0.25) is 0 Å². The van der Waals surface area contributed by atoms with Crippen LogP contribution in [0.3, 0.4) is 0 Å². The Hall–Kier alpha value is -2.77. The normalized spacial score (nSPS) is 12.2. The largest absolute Gasteiger partial charge is 0.252 e. The van der Waals surface area contributed by atoms with Crippen LogP contribution in [0.15, 0.2) is 0 Å². The topological polar surface area (TPSA) is 36.7 Å². The number of hydrogen-bond acceptors (Lipinski definition) is 2. The average molecular weight is 356 g/mol. The van der Waals surface area contributed by atoms with Gasteiger partial charge in [0.05, 0.1) is 17.2 Å². The van der Waals surface area contributed by atoms with Gasteiger partial charge in [-0.2, -0.15) is 19.0 Å². The van der Waals surface area contributed by atoms with Crippen molar-refractivity contribution in [1.82, 2.24) is 4.98 Å². The number of pyridine rings is 1. The summed E-state index contributed by atoms with van der Waals surface area (Å²) in [5.74, 6) is -24.8. The molecule has 2 nitrogen and oxygen atoms in total. The van der Waals surface area contributed by atoms with Gasteiger partial charge in [-0.25, -0.2) is 30.7 Å². The second-order valence-corrected chi connectivity index (χ2v) is 4.28. The zero-order chi connectivity index (χ0) is 18.3. The fourth-order valence-corrected chi connectivity index (χ4v) is 1.91. The Morgan fingerprint density at radius 1 is 0.583 bits per heavy atom. The fourth-order valence-electron chi connectivity index (χ4n) is 1.91. The minimum Gasteiger partial charge on any atom is -0.203 e. The van der Waals surface area contributed by atoms with Crippen molar-refractivity contribution in [3.05, 3.63) is 63.7 Å². The zero-order valence-electron chi connectivity index (χ0n) is 10.9. The SMILES string of the molecule is N#CC(c1c(F)c(F)nc(F)c1F)c1c(F)c(F)c(F)c(F)c1F. The van der Waals surface area contributed by atoms with Gasteiger partial charge < -0.3 is 0 Å². The molecule has 0 N–H and O–H groups in total. The van der Waals surface area contributed by atoms with E-state index in [0.29, 0.717) is 0 Å². The molecule has 0 radical (unpaired) electrons. The van der Waals surface area contributed by atoms with E-state index in [1.807, 2.05) is 0 Å². The Morgan fingerprint density at radius 3 is 1.29 bits per heavy atom. The molecule has 1 aromatic heterocycles. The first-order valence-corrected chi connectivity index (χ1v) is 5.74. The van der Waals surface area contributed by atoms with Crippen molar-refractivity contribution in [3.63, 3.8) is 0 Å². The monoisotopic (exact) mass is 356 g/mol. The summed E-state index contributed by atoms with van der Waals surface area (Å²) in [6.07, 6.45) is 0. The van der Waals surface area contributed by atoms with Crippen molar-refractivity contribution >= 4 is 0 Å². The first-order chi connectivity index (χ1) is 11.1. The molecule has 0 bridgehead atoms. The zero-order valence-corrected chi connectivity index (χ0v) is 10.9. The molecule has 1 heterocycles. The minimum absolute atomic E-state index is 0.849. The third kappa shape index (κ3) is 2.44. The third-order valence-corrected chi connectivity index (χ3v) is 2.98. The van der Waals surface area contributed by atoms with Gasteiger partial charge in [-0.3, -0.25) is 0 Å². The molecule has 0 aliphatic carbocycles. The van der Waals surface area contributed by atoms with Crippen LogP contribution in [-0.4, -0.2) is 4.98 Å². The summed E-state index contributed by atoms with van der Waals surface area (Å²) >= 11 is 0. The highest BCUT2D eigenvalue weighted by Crippen LogP contribution is 2.35. The van der Waals surface area contributed by atoms with E-state index >= 15 is 0 Å². The lowest BCUT2D eigenvalue weighted by atomic mass is 9.91. The van der Waals surface area contributed by atoms with Gasteiger partial charge in [0.1, 0.15) is 5.92 Å². The molecule has 1 unspecified atom stereocenters. The lowest BCUT2D eigenvalue weighted by Crippen LogP contribution is -2.16. The van der Waals surface area contributed by atoms with Gasteiger partial charge in [-0.05, 0) is 0 Å². The third-order valence-electron chi connectivity index (χ3n) is 2.98. The predicted octanol–water partition coefficient (Wildman–Crippen LogP) is 3.99. The van der Waals surface area contributed by atoms with E-state index in [0.717, 1.165) is 6.07 Å². The fraction of sp³-hybridized carbons (Fsp3) is 0.0769. The van der Waals surface area contributed by atoms with Crippen molar-refractivity contribution in [2.45, 2.75) is 5.92 Å². The number of rotatable bonds is 2. The van der Waals surface area contributed by atoms with Crippen molar-refractivity contribution in [2.24, 2.45) is 0 Å². The highest BCUT2D eigenvalue weighted by molar-refractivity contribution is 5.41. The van der Waals surface area contributed by atoms with Crippen LogP contribution in [0.25, 0.3) is 0 Å². The van der Waals surface area contributed by atoms with Crippen molar-refractivity contribution < 1.29 is 39.5 Å². The highest BCUT2D eigenvalue weighted by atomic mass is 19.2. The smallest absolute Gasteiger partial charge is 0.203 e. The predicted molar refractivity (Wildman–Crippen MR) is 57.8 cm³/mol. The molecule has 0 amide bonds. The summed E-state index contributed by atoms with van der Waals surface area (Å²) < 4.78 is 120. The number of nitrogens with zero attached hydrogens (tertiary/aromatic N) is 2. The van der Waals surface area contributed by atoms with Crippen LogP contribution in [0.1, 0.15) is 17.0 Å². The van der Waals surface area contributed by atoms with Crippen molar-refractivity contribution in [3.8, 4) is 6.07 Å². The minimum atomic E-state index is -2.87. The lowest BCUT2D eigenvalue weighted by Gasteiger charge is -2.15. The average Bonchev–Trinajstić information content (AvgIpc) is 2.55. The molecular weight excluding hydrogens is 355 g/mol. The van der Waals surface area contributed by atoms with Crippen molar-refractivity contribution in [2.75, 3.05) is 0 Å². The van der Waals surface area contributed by atoms with Crippen molar-refractivity contribution in [1.29, 1.82) is 5.26 Å². The van der Waals surface area contributed by atoms with Crippen LogP contribution in [0, 0.1) is 63.9 Å².